The zero-order valence-electron chi connectivity index (χ0n) is 10.3. The Morgan fingerprint density at radius 2 is 2.21 bits per heavy atom. The minimum Gasteiger partial charge on any atom is -0.465 e. The van der Waals surface area contributed by atoms with Gasteiger partial charge in [0.15, 0.2) is 0 Å². The van der Waals surface area contributed by atoms with Crippen LogP contribution >= 0.6 is 22.7 Å². The Hall–Kier alpha value is -1.64. The number of ether oxygens (including phenoxy) is 1. The van der Waals surface area contributed by atoms with Gasteiger partial charge in [-0.05, 0) is 41.5 Å². The van der Waals surface area contributed by atoms with E-state index in [1.165, 1.54) is 24.0 Å². The monoisotopic (exact) mass is 289 g/mol. The summed E-state index contributed by atoms with van der Waals surface area (Å²) in [6.45, 7) is 0. The van der Waals surface area contributed by atoms with E-state index in [9.17, 15) is 10.1 Å². The lowest BCUT2D eigenvalue weighted by molar-refractivity contribution is 0.0606. The van der Waals surface area contributed by atoms with Crippen LogP contribution in [-0.2, 0) is 17.6 Å². The molecule has 3 nitrogen and oxygen atoms in total. The van der Waals surface area contributed by atoms with E-state index in [-0.39, 0.29) is 11.9 Å². The van der Waals surface area contributed by atoms with Crippen molar-refractivity contribution >= 4 is 28.6 Å². The molecule has 3 rings (SSSR count). The van der Waals surface area contributed by atoms with Crippen molar-refractivity contribution in [3.05, 3.63) is 43.3 Å². The Bertz CT molecular complexity index is 678. The number of carbonyl (C=O) groups excluding carboxylic acids is 1. The van der Waals surface area contributed by atoms with Crippen molar-refractivity contribution in [2.24, 2.45) is 0 Å². The summed E-state index contributed by atoms with van der Waals surface area (Å²) in [7, 11) is 1.38. The van der Waals surface area contributed by atoms with Gasteiger partial charge in [0, 0.05) is 9.75 Å². The molecule has 96 valence electrons. The zero-order chi connectivity index (χ0) is 13.4. The van der Waals surface area contributed by atoms with Crippen molar-refractivity contribution < 1.29 is 9.53 Å². The number of hydrogen-bond acceptors (Lipinski definition) is 5. The topological polar surface area (TPSA) is 50.1 Å². The van der Waals surface area contributed by atoms with E-state index in [2.05, 4.69) is 12.1 Å². The fourth-order valence-corrected chi connectivity index (χ4v) is 4.66. The van der Waals surface area contributed by atoms with Crippen LogP contribution < -0.4 is 0 Å². The fourth-order valence-electron chi connectivity index (χ4n) is 2.40. The zero-order valence-corrected chi connectivity index (χ0v) is 11.9. The Balaban J connectivity index is 2.11. The number of rotatable bonds is 1. The molecule has 1 atom stereocenters. The minimum absolute atomic E-state index is 0.240. The van der Waals surface area contributed by atoms with Crippen LogP contribution in [0, 0.1) is 11.3 Å². The van der Waals surface area contributed by atoms with Crippen molar-refractivity contribution in [3.63, 3.8) is 0 Å². The van der Waals surface area contributed by atoms with E-state index in [0.717, 1.165) is 28.2 Å². The Morgan fingerprint density at radius 3 is 2.95 bits per heavy atom. The number of carbonyl (C=O) groups is 1. The van der Waals surface area contributed by atoms with Crippen molar-refractivity contribution in [2.75, 3.05) is 7.11 Å². The molecule has 2 aromatic heterocycles. The molecule has 1 aliphatic rings. The Morgan fingerprint density at radius 1 is 1.42 bits per heavy atom. The standard InChI is InChI=1S/C14H11NO2S2/c1-17-14(16)11-6-9-3-2-8-4-5-18-12(8)10(7-15)13(9)19-11/h4-6,10H,2-3H2,1H3. The van der Waals surface area contributed by atoms with E-state index in [1.54, 1.807) is 11.3 Å². The summed E-state index contributed by atoms with van der Waals surface area (Å²) < 4.78 is 4.76. The summed E-state index contributed by atoms with van der Waals surface area (Å²) in [6.07, 6.45) is 1.81. The quantitative estimate of drug-likeness (QED) is 0.756. The van der Waals surface area contributed by atoms with Crippen molar-refractivity contribution in [1.29, 1.82) is 5.26 Å². The smallest absolute Gasteiger partial charge is 0.348 e. The number of esters is 1. The number of thiophene rings is 2. The summed E-state index contributed by atoms with van der Waals surface area (Å²) in [5.74, 6) is -0.558. The number of aryl methyl sites for hydroxylation is 2. The summed E-state index contributed by atoms with van der Waals surface area (Å²) in [5, 5.41) is 11.5. The molecule has 2 heterocycles. The first-order chi connectivity index (χ1) is 9.24. The third-order valence-electron chi connectivity index (χ3n) is 3.33. The number of methoxy groups -OCH3 is 1. The van der Waals surface area contributed by atoms with Crippen molar-refractivity contribution in [2.45, 2.75) is 18.8 Å². The van der Waals surface area contributed by atoms with Gasteiger partial charge in [0.1, 0.15) is 10.8 Å². The second-order valence-corrected chi connectivity index (χ2v) is 6.40. The normalized spacial score (nSPS) is 16.9. The fraction of sp³-hybridized carbons (Fsp3) is 0.286. The molecule has 19 heavy (non-hydrogen) atoms. The van der Waals surface area contributed by atoms with Crippen molar-refractivity contribution in [1.82, 2.24) is 0 Å². The lowest BCUT2D eigenvalue weighted by Crippen LogP contribution is -1.97. The van der Waals surface area contributed by atoms with Gasteiger partial charge in [-0.15, -0.1) is 22.7 Å². The summed E-state index contributed by atoms with van der Waals surface area (Å²) >= 11 is 3.02. The maximum Gasteiger partial charge on any atom is 0.348 e. The third-order valence-corrected chi connectivity index (χ3v) is 5.57. The highest BCUT2D eigenvalue weighted by molar-refractivity contribution is 7.14. The second kappa shape index (κ2) is 4.80. The first kappa shape index (κ1) is 12.4. The molecule has 2 aromatic rings. The van der Waals surface area contributed by atoms with Crippen LogP contribution in [0.2, 0.25) is 0 Å². The van der Waals surface area contributed by atoms with E-state index in [1.807, 2.05) is 11.4 Å². The van der Waals surface area contributed by atoms with Gasteiger partial charge in [-0.1, -0.05) is 0 Å². The van der Waals surface area contributed by atoms with Crippen LogP contribution in [0.4, 0.5) is 0 Å². The highest BCUT2D eigenvalue weighted by Gasteiger charge is 2.28. The second-order valence-electron chi connectivity index (χ2n) is 4.36. The van der Waals surface area contributed by atoms with Crippen LogP contribution in [0.3, 0.4) is 0 Å². The molecule has 0 bridgehead atoms. The van der Waals surface area contributed by atoms with Gasteiger partial charge < -0.3 is 4.74 Å². The summed E-state index contributed by atoms with van der Waals surface area (Å²) in [4.78, 5) is 14.3. The summed E-state index contributed by atoms with van der Waals surface area (Å²) in [6, 6.07) is 6.36. The number of hydrogen-bond donors (Lipinski definition) is 0. The molecule has 5 heteroatoms. The van der Waals surface area contributed by atoms with Gasteiger partial charge in [0.25, 0.3) is 0 Å². The number of fused-ring (bicyclic) bond motifs is 2. The maximum atomic E-state index is 11.6. The molecule has 0 aliphatic heterocycles. The SMILES string of the molecule is COC(=O)c1cc2c(s1)C(C#N)c1sccc1CC2. The molecule has 0 fully saturated rings. The molecule has 0 saturated carbocycles. The molecular formula is C14H11NO2S2. The van der Waals surface area contributed by atoms with Crippen LogP contribution in [0.25, 0.3) is 0 Å². The largest absolute Gasteiger partial charge is 0.465 e. The molecule has 0 aromatic carbocycles. The van der Waals surface area contributed by atoms with Gasteiger partial charge in [-0.3, -0.25) is 0 Å². The van der Waals surface area contributed by atoms with Crippen molar-refractivity contribution in [3.8, 4) is 6.07 Å². The van der Waals surface area contributed by atoms with Gasteiger partial charge in [0.05, 0.1) is 13.2 Å². The van der Waals surface area contributed by atoms with Gasteiger partial charge >= 0.3 is 5.97 Å². The van der Waals surface area contributed by atoms with Crippen LogP contribution in [0.5, 0.6) is 0 Å². The molecule has 0 N–H and O–H groups in total. The highest BCUT2D eigenvalue weighted by Crippen LogP contribution is 2.41. The molecule has 0 amide bonds. The summed E-state index contributed by atoms with van der Waals surface area (Å²) in [5.41, 5.74) is 2.37. The molecule has 1 aliphatic carbocycles. The van der Waals surface area contributed by atoms with E-state index < -0.39 is 0 Å². The van der Waals surface area contributed by atoms with E-state index >= 15 is 0 Å². The third kappa shape index (κ3) is 1.97. The molecule has 0 spiro atoms. The predicted octanol–water partition coefficient (Wildman–Crippen LogP) is 3.35. The Kier molecular flexibility index (Phi) is 3.13. The molecule has 1 unspecified atom stereocenters. The van der Waals surface area contributed by atoms with Gasteiger partial charge in [-0.25, -0.2) is 4.79 Å². The first-order valence-electron chi connectivity index (χ1n) is 5.91. The average Bonchev–Trinajstić information content (AvgIpc) is 3.02. The number of nitrogens with zero attached hydrogens (tertiary/aromatic N) is 1. The van der Waals surface area contributed by atoms with E-state index in [0.29, 0.717) is 4.88 Å². The van der Waals surface area contributed by atoms with Gasteiger partial charge in [0.2, 0.25) is 0 Å². The highest BCUT2D eigenvalue weighted by atomic mass is 32.1. The van der Waals surface area contributed by atoms with E-state index in [4.69, 9.17) is 4.74 Å². The van der Waals surface area contributed by atoms with Crippen LogP contribution in [-0.4, -0.2) is 13.1 Å². The first-order valence-corrected chi connectivity index (χ1v) is 7.61. The lowest BCUT2D eigenvalue weighted by Gasteiger charge is -2.05. The predicted molar refractivity (Wildman–Crippen MR) is 74.8 cm³/mol. The number of nitriles is 1. The molecule has 0 saturated heterocycles. The maximum absolute atomic E-state index is 11.6. The lowest BCUT2D eigenvalue weighted by atomic mass is 10.0. The minimum atomic E-state index is -0.318. The molecule has 0 radical (unpaired) electrons. The van der Waals surface area contributed by atoms with Crippen LogP contribution in [0.15, 0.2) is 17.5 Å². The van der Waals surface area contributed by atoms with Crippen LogP contribution in [0.1, 0.15) is 36.5 Å². The molecular weight excluding hydrogens is 278 g/mol. The van der Waals surface area contributed by atoms with Gasteiger partial charge in [-0.2, -0.15) is 5.26 Å². The Labute approximate surface area is 119 Å². The average molecular weight is 289 g/mol.